The highest BCUT2D eigenvalue weighted by Gasteiger charge is 2.24. The van der Waals surface area contributed by atoms with Crippen molar-refractivity contribution in [3.05, 3.63) is 48.0 Å². The number of hydrogen-bond donors (Lipinski definition) is 0. The van der Waals surface area contributed by atoms with Crippen molar-refractivity contribution in [1.82, 2.24) is 4.90 Å². The second-order valence-corrected chi connectivity index (χ2v) is 6.22. The lowest BCUT2D eigenvalue weighted by Gasteiger charge is -2.34. The maximum Gasteiger partial charge on any atom is 0.0386 e. The average molecular weight is 274 g/mol. The number of halogens is 1. The Labute approximate surface area is 120 Å². The SMILES string of the molecule is CC1CN(Cc2cccc3ccccc23)CCC1Cl. The van der Waals surface area contributed by atoms with Gasteiger partial charge in [0.2, 0.25) is 0 Å². The van der Waals surface area contributed by atoms with Crippen LogP contribution < -0.4 is 0 Å². The summed E-state index contributed by atoms with van der Waals surface area (Å²) in [4.78, 5) is 2.53. The monoisotopic (exact) mass is 273 g/mol. The van der Waals surface area contributed by atoms with E-state index in [4.69, 9.17) is 11.6 Å². The Hall–Kier alpha value is -1.05. The van der Waals surface area contributed by atoms with E-state index in [2.05, 4.69) is 54.3 Å². The summed E-state index contributed by atoms with van der Waals surface area (Å²) in [6.45, 7) is 5.52. The average Bonchev–Trinajstić information content (AvgIpc) is 2.43. The van der Waals surface area contributed by atoms with Gasteiger partial charge in [-0.2, -0.15) is 0 Å². The van der Waals surface area contributed by atoms with Gasteiger partial charge in [-0.05, 0) is 35.2 Å². The van der Waals surface area contributed by atoms with Crippen molar-refractivity contribution in [3.63, 3.8) is 0 Å². The van der Waals surface area contributed by atoms with E-state index in [0.29, 0.717) is 11.3 Å². The number of fused-ring (bicyclic) bond motifs is 1. The zero-order valence-electron chi connectivity index (χ0n) is 11.3. The highest BCUT2D eigenvalue weighted by Crippen LogP contribution is 2.25. The molecule has 1 saturated heterocycles. The van der Waals surface area contributed by atoms with Gasteiger partial charge >= 0.3 is 0 Å². The van der Waals surface area contributed by atoms with Crippen molar-refractivity contribution < 1.29 is 0 Å². The van der Waals surface area contributed by atoms with Gasteiger partial charge in [-0.25, -0.2) is 0 Å². The fourth-order valence-electron chi connectivity index (χ4n) is 3.02. The number of nitrogens with zero attached hydrogens (tertiary/aromatic N) is 1. The Morgan fingerprint density at radius 2 is 1.95 bits per heavy atom. The Morgan fingerprint density at radius 1 is 1.16 bits per heavy atom. The fourth-order valence-corrected chi connectivity index (χ4v) is 3.20. The molecule has 2 heteroatoms. The van der Waals surface area contributed by atoms with Gasteiger partial charge < -0.3 is 0 Å². The molecule has 0 bridgehead atoms. The van der Waals surface area contributed by atoms with Gasteiger partial charge in [0, 0.05) is 18.5 Å². The smallest absolute Gasteiger partial charge is 0.0386 e. The first-order valence-corrected chi connectivity index (χ1v) is 7.51. The highest BCUT2D eigenvalue weighted by atomic mass is 35.5. The lowest BCUT2D eigenvalue weighted by molar-refractivity contribution is 0.180. The zero-order chi connectivity index (χ0) is 13.2. The minimum Gasteiger partial charge on any atom is -0.299 e. The van der Waals surface area contributed by atoms with Crippen LogP contribution in [0.25, 0.3) is 10.8 Å². The van der Waals surface area contributed by atoms with Crippen LogP contribution in [-0.4, -0.2) is 23.4 Å². The molecule has 1 heterocycles. The summed E-state index contributed by atoms with van der Waals surface area (Å²) in [5.41, 5.74) is 1.43. The molecule has 100 valence electrons. The van der Waals surface area contributed by atoms with E-state index >= 15 is 0 Å². The number of piperidine rings is 1. The second kappa shape index (κ2) is 5.52. The van der Waals surface area contributed by atoms with Gasteiger partial charge in [-0.3, -0.25) is 4.90 Å². The molecule has 0 aromatic heterocycles. The molecular weight excluding hydrogens is 254 g/mol. The molecule has 1 aliphatic rings. The number of likely N-dealkylation sites (tertiary alicyclic amines) is 1. The maximum atomic E-state index is 6.30. The molecule has 1 aliphatic heterocycles. The third-order valence-corrected chi connectivity index (χ3v) is 4.81. The predicted octanol–water partition coefficient (Wildman–Crippen LogP) is 4.29. The summed E-state index contributed by atoms with van der Waals surface area (Å²) in [6, 6.07) is 15.2. The lowest BCUT2D eigenvalue weighted by atomic mass is 9.98. The minimum atomic E-state index is 0.351. The van der Waals surface area contributed by atoms with Gasteiger partial charge in [0.25, 0.3) is 0 Å². The van der Waals surface area contributed by atoms with E-state index < -0.39 is 0 Å². The van der Waals surface area contributed by atoms with Crippen molar-refractivity contribution in [2.75, 3.05) is 13.1 Å². The van der Waals surface area contributed by atoms with Gasteiger partial charge in [0.1, 0.15) is 0 Å². The zero-order valence-corrected chi connectivity index (χ0v) is 12.1. The highest BCUT2D eigenvalue weighted by molar-refractivity contribution is 6.20. The third kappa shape index (κ3) is 2.77. The molecular formula is C17H20ClN. The van der Waals surface area contributed by atoms with E-state index in [1.165, 1.54) is 16.3 Å². The summed E-state index contributed by atoms with van der Waals surface area (Å²) < 4.78 is 0. The van der Waals surface area contributed by atoms with Crippen molar-refractivity contribution in [1.29, 1.82) is 0 Å². The van der Waals surface area contributed by atoms with E-state index in [1.807, 2.05) is 0 Å². The van der Waals surface area contributed by atoms with Crippen LogP contribution in [0.15, 0.2) is 42.5 Å². The first kappa shape index (κ1) is 13.0. The quantitative estimate of drug-likeness (QED) is 0.738. The molecule has 1 fully saturated rings. The standard InChI is InChI=1S/C17H20ClN/c1-13-11-19(10-9-17(13)18)12-15-7-4-6-14-5-2-3-8-16(14)15/h2-8,13,17H,9-12H2,1H3. The largest absolute Gasteiger partial charge is 0.299 e. The van der Waals surface area contributed by atoms with Crippen molar-refractivity contribution in [2.24, 2.45) is 5.92 Å². The molecule has 0 N–H and O–H groups in total. The molecule has 19 heavy (non-hydrogen) atoms. The van der Waals surface area contributed by atoms with E-state index in [1.54, 1.807) is 0 Å². The Kier molecular flexibility index (Phi) is 3.76. The number of benzene rings is 2. The van der Waals surface area contributed by atoms with E-state index in [0.717, 1.165) is 26.1 Å². The summed E-state index contributed by atoms with van der Waals surface area (Å²) in [5.74, 6) is 0.588. The molecule has 0 radical (unpaired) electrons. The first-order chi connectivity index (χ1) is 9.24. The molecule has 1 nitrogen and oxygen atoms in total. The van der Waals surface area contributed by atoms with Crippen LogP contribution in [0.3, 0.4) is 0 Å². The van der Waals surface area contributed by atoms with Crippen LogP contribution >= 0.6 is 11.6 Å². The van der Waals surface area contributed by atoms with Crippen molar-refractivity contribution in [3.8, 4) is 0 Å². The summed E-state index contributed by atoms with van der Waals surface area (Å²) in [6.07, 6.45) is 1.10. The van der Waals surface area contributed by atoms with Gasteiger partial charge in [0.15, 0.2) is 0 Å². The molecule has 0 spiro atoms. The molecule has 3 rings (SSSR count). The number of hydrogen-bond acceptors (Lipinski definition) is 1. The summed E-state index contributed by atoms with van der Waals surface area (Å²) in [5, 5.41) is 3.06. The van der Waals surface area contributed by atoms with Crippen LogP contribution in [-0.2, 0) is 6.54 Å². The Balaban J connectivity index is 1.82. The first-order valence-electron chi connectivity index (χ1n) is 7.07. The lowest BCUT2D eigenvalue weighted by Crippen LogP contribution is -2.39. The van der Waals surface area contributed by atoms with E-state index in [9.17, 15) is 0 Å². The molecule has 0 saturated carbocycles. The second-order valence-electron chi connectivity index (χ2n) is 5.66. The number of alkyl halides is 1. The molecule has 0 aliphatic carbocycles. The molecule has 0 amide bonds. The Bertz CT molecular complexity index is 561. The molecule has 2 unspecified atom stereocenters. The normalized spacial score (nSPS) is 24.7. The Morgan fingerprint density at radius 3 is 2.79 bits per heavy atom. The molecule has 2 aromatic rings. The van der Waals surface area contributed by atoms with Crippen LogP contribution in [0.5, 0.6) is 0 Å². The maximum absolute atomic E-state index is 6.30. The van der Waals surface area contributed by atoms with Crippen molar-refractivity contribution in [2.45, 2.75) is 25.3 Å². The minimum absolute atomic E-state index is 0.351. The third-order valence-electron chi connectivity index (χ3n) is 4.16. The van der Waals surface area contributed by atoms with Crippen LogP contribution in [0.4, 0.5) is 0 Å². The van der Waals surface area contributed by atoms with Gasteiger partial charge in [0.05, 0.1) is 0 Å². The van der Waals surface area contributed by atoms with Gasteiger partial charge in [-0.15, -0.1) is 11.6 Å². The summed E-state index contributed by atoms with van der Waals surface area (Å²) >= 11 is 6.30. The van der Waals surface area contributed by atoms with E-state index in [-0.39, 0.29) is 0 Å². The predicted molar refractivity (Wildman–Crippen MR) is 82.6 cm³/mol. The fraction of sp³-hybridized carbons (Fsp3) is 0.412. The van der Waals surface area contributed by atoms with Crippen LogP contribution in [0.1, 0.15) is 18.9 Å². The number of rotatable bonds is 2. The van der Waals surface area contributed by atoms with Gasteiger partial charge in [-0.1, -0.05) is 49.4 Å². The summed E-state index contributed by atoms with van der Waals surface area (Å²) in [7, 11) is 0. The van der Waals surface area contributed by atoms with Crippen molar-refractivity contribution >= 4 is 22.4 Å². The van der Waals surface area contributed by atoms with Crippen LogP contribution in [0.2, 0.25) is 0 Å². The molecule has 2 atom stereocenters. The van der Waals surface area contributed by atoms with Crippen LogP contribution in [0, 0.1) is 5.92 Å². The molecule has 2 aromatic carbocycles. The topological polar surface area (TPSA) is 3.24 Å².